The molecular weight excluding hydrogens is 256 g/mol. The van der Waals surface area contributed by atoms with Gasteiger partial charge >= 0.3 is 5.97 Å². The van der Waals surface area contributed by atoms with Crippen LogP contribution in [0.5, 0.6) is 11.5 Å². The Hall–Kier alpha value is -2.95. The topological polar surface area (TPSA) is 71.2 Å². The molecule has 100 valence electrons. The van der Waals surface area contributed by atoms with E-state index < -0.39 is 5.97 Å². The van der Waals surface area contributed by atoms with Crippen LogP contribution in [0.1, 0.15) is 0 Å². The van der Waals surface area contributed by atoms with Gasteiger partial charge in [-0.15, -0.1) is 5.11 Å². The van der Waals surface area contributed by atoms with Crippen molar-refractivity contribution in [3.05, 3.63) is 61.2 Å². The van der Waals surface area contributed by atoms with Gasteiger partial charge in [-0.3, -0.25) is 0 Å². The Kier molecular flexibility index (Phi) is 4.24. The fourth-order valence-corrected chi connectivity index (χ4v) is 1.42. The van der Waals surface area contributed by atoms with Gasteiger partial charge in [-0.05, 0) is 24.3 Å². The van der Waals surface area contributed by atoms with Crippen molar-refractivity contribution >= 4 is 17.3 Å². The van der Waals surface area contributed by atoms with Crippen LogP contribution in [0, 0.1) is 0 Å². The summed E-state index contributed by atoms with van der Waals surface area (Å²) in [6.45, 7) is 3.29. The van der Waals surface area contributed by atoms with Crippen LogP contribution in [0.15, 0.2) is 71.4 Å². The molecule has 2 aromatic rings. The predicted molar refractivity (Wildman–Crippen MR) is 74.6 cm³/mol. The SMILES string of the molecule is C=CC(=O)Oc1ccc(N=Nc2ccccc2)c(O)c1. The number of phenolic OH excluding ortho intramolecular Hbond substituents is 1. The molecule has 0 aliphatic heterocycles. The number of carbonyl (C=O) groups excluding carboxylic acids is 1. The van der Waals surface area contributed by atoms with Crippen molar-refractivity contribution in [3.8, 4) is 11.5 Å². The molecular formula is C15H12N2O3. The molecule has 0 amide bonds. The van der Waals surface area contributed by atoms with Crippen molar-refractivity contribution in [2.75, 3.05) is 0 Å². The van der Waals surface area contributed by atoms with Crippen LogP contribution in [-0.4, -0.2) is 11.1 Å². The highest BCUT2D eigenvalue weighted by atomic mass is 16.5. The van der Waals surface area contributed by atoms with Crippen molar-refractivity contribution in [1.29, 1.82) is 0 Å². The smallest absolute Gasteiger partial charge is 0.335 e. The Morgan fingerprint density at radius 2 is 1.90 bits per heavy atom. The molecule has 0 bridgehead atoms. The maximum atomic E-state index is 11.0. The summed E-state index contributed by atoms with van der Waals surface area (Å²) >= 11 is 0. The fourth-order valence-electron chi connectivity index (χ4n) is 1.42. The average molecular weight is 268 g/mol. The van der Waals surface area contributed by atoms with Crippen molar-refractivity contribution in [2.24, 2.45) is 10.2 Å². The summed E-state index contributed by atoms with van der Waals surface area (Å²) in [6.07, 6.45) is 1.04. The molecule has 2 rings (SSSR count). The highest BCUT2D eigenvalue weighted by Crippen LogP contribution is 2.31. The molecule has 0 aromatic heterocycles. The van der Waals surface area contributed by atoms with Crippen molar-refractivity contribution in [2.45, 2.75) is 0 Å². The molecule has 0 spiro atoms. The molecule has 0 saturated carbocycles. The van der Waals surface area contributed by atoms with Gasteiger partial charge in [0.2, 0.25) is 0 Å². The average Bonchev–Trinajstić information content (AvgIpc) is 2.47. The van der Waals surface area contributed by atoms with E-state index in [0.29, 0.717) is 5.69 Å². The van der Waals surface area contributed by atoms with Crippen molar-refractivity contribution < 1.29 is 14.6 Å². The number of hydrogen-bond acceptors (Lipinski definition) is 5. The van der Waals surface area contributed by atoms with Gasteiger partial charge in [0.15, 0.2) is 0 Å². The summed E-state index contributed by atoms with van der Waals surface area (Å²) in [5.41, 5.74) is 0.960. The molecule has 0 atom stereocenters. The minimum Gasteiger partial charge on any atom is -0.505 e. The number of azo groups is 1. The summed E-state index contributed by atoms with van der Waals surface area (Å²) in [7, 11) is 0. The maximum absolute atomic E-state index is 11.0. The van der Waals surface area contributed by atoms with Gasteiger partial charge in [0.1, 0.15) is 17.2 Å². The lowest BCUT2D eigenvalue weighted by molar-refractivity contribution is -0.128. The van der Waals surface area contributed by atoms with Crippen LogP contribution in [0.2, 0.25) is 0 Å². The minimum absolute atomic E-state index is 0.126. The predicted octanol–water partition coefficient (Wildman–Crippen LogP) is 3.90. The number of aromatic hydroxyl groups is 1. The molecule has 0 saturated heterocycles. The second-order valence-electron chi connectivity index (χ2n) is 3.81. The van der Waals surface area contributed by atoms with Gasteiger partial charge in [-0.25, -0.2) is 4.79 Å². The second-order valence-corrected chi connectivity index (χ2v) is 3.81. The molecule has 0 radical (unpaired) electrons. The standard InChI is InChI=1S/C15H12N2O3/c1-2-15(19)20-12-8-9-13(14(18)10-12)17-16-11-6-4-3-5-7-11/h2-10,18H,1H2. The van der Waals surface area contributed by atoms with Crippen molar-refractivity contribution in [3.63, 3.8) is 0 Å². The molecule has 0 aliphatic rings. The first-order valence-electron chi connectivity index (χ1n) is 5.83. The molecule has 0 heterocycles. The first-order valence-corrected chi connectivity index (χ1v) is 5.83. The Morgan fingerprint density at radius 3 is 2.55 bits per heavy atom. The Morgan fingerprint density at radius 1 is 1.15 bits per heavy atom. The largest absolute Gasteiger partial charge is 0.505 e. The lowest BCUT2D eigenvalue weighted by Crippen LogP contribution is -2.02. The van der Waals surface area contributed by atoms with Crippen LogP contribution in [0.4, 0.5) is 11.4 Å². The molecule has 20 heavy (non-hydrogen) atoms. The highest BCUT2D eigenvalue weighted by Gasteiger charge is 2.05. The fraction of sp³-hybridized carbons (Fsp3) is 0. The van der Waals surface area contributed by atoms with Gasteiger partial charge in [-0.2, -0.15) is 5.11 Å². The number of esters is 1. The van der Waals surface area contributed by atoms with E-state index in [0.717, 1.165) is 6.08 Å². The summed E-state index contributed by atoms with van der Waals surface area (Å²) in [5, 5.41) is 17.7. The first-order chi connectivity index (χ1) is 9.69. The van der Waals surface area contributed by atoms with E-state index in [2.05, 4.69) is 16.8 Å². The number of nitrogens with zero attached hydrogens (tertiary/aromatic N) is 2. The second kappa shape index (κ2) is 6.29. The zero-order valence-corrected chi connectivity index (χ0v) is 10.6. The molecule has 2 aromatic carbocycles. The van der Waals surface area contributed by atoms with E-state index in [-0.39, 0.29) is 17.2 Å². The Balaban J connectivity index is 2.16. The number of phenols is 1. The monoisotopic (exact) mass is 268 g/mol. The highest BCUT2D eigenvalue weighted by molar-refractivity contribution is 5.83. The van der Waals surface area contributed by atoms with E-state index in [1.54, 1.807) is 12.1 Å². The van der Waals surface area contributed by atoms with Crippen molar-refractivity contribution in [1.82, 2.24) is 0 Å². The third kappa shape index (κ3) is 3.52. The Bertz CT molecular complexity index is 651. The van der Waals surface area contributed by atoms with Gasteiger partial charge in [-0.1, -0.05) is 24.8 Å². The van der Waals surface area contributed by atoms with Crippen LogP contribution in [-0.2, 0) is 4.79 Å². The summed E-state index contributed by atoms with van der Waals surface area (Å²) in [4.78, 5) is 11.0. The third-order valence-electron chi connectivity index (χ3n) is 2.36. The van der Waals surface area contributed by atoms with Crippen LogP contribution in [0.25, 0.3) is 0 Å². The van der Waals surface area contributed by atoms with E-state index in [4.69, 9.17) is 4.74 Å². The van der Waals surface area contributed by atoms with E-state index in [9.17, 15) is 9.90 Å². The number of ether oxygens (including phenoxy) is 1. The maximum Gasteiger partial charge on any atom is 0.335 e. The first kappa shape index (κ1) is 13.5. The summed E-state index contributed by atoms with van der Waals surface area (Å²) < 4.78 is 4.87. The molecule has 5 heteroatoms. The van der Waals surface area contributed by atoms with Gasteiger partial charge in [0.05, 0.1) is 5.69 Å². The van der Waals surface area contributed by atoms with Crippen LogP contribution in [0.3, 0.4) is 0 Å². The minimum atomic E-state index is -0.594. The zero-order chi connectivity index (χ0) is 14.4. The molecule has 0 unspecified atom stereocenters. The summed E-state index contributed by atoms with van der Waals surface area (Å²) in [6, 6.07) is 13.5. The van der Waals surface area contributed by atoms with Crippen LogP contribution >= 0.6 is 0 Å². The molecule has 0 aliphatic carbocycles. The van der Waals surface area contributed by atoms with Gasteiger partial charge < -0.3 is 9.84 Å². The molecule has 0 fully saturated rings. The number of rotatable bonds is 4. The third-order valence-corrected chi connectivity index (χ3v) is 2.36. The van der Waals surface area contributed by atoms with E-state index in [1.807, 2.05) is 18.2 Å². The normalized spacial score (nSPS) is 10.4. The van der Waals surface area contributed by atoms with Gasteiger partial charge in [0, 0.05) is 12.1 Å². The number of carbonyl (C=O) groups is 1. The van der Waals surface area contributed by atoms with E-state index in [1.165, 1.54) is 18.2 Å². The van der Waals surface area contributed by atoms with E-state index >= 15 is 0 Å². The molecule has 1 N–H and O–H groups in total. The zero-order valence-electron chi connectivity index (χ0n) is 10.6. The number of hydrogen-bond donors (Lipinski definition) is 1. The number of benzene rings is 2. The quantitative estimate of drug-likeness (QED) is 0.395. The Labute approximate surface area is 115 Å². The lowest BCUT2D eigenvalue weighted by Gasteiger charge is -2.03. The van der Waals surface area contributed by atoms with Crippen LogP contribution < -0.4 is 4.74 Å². The summed E-state index contributed by atoms with van der Waals surface area (Å²) in [5.74, 6) is -0.506. The molecule has 5 nitrogen and oxygen atoms in total. The lowest BCUT2D eigenvalue weighted by atomic mass is 10.3. The van der Waals surface area contributed by atoms with Gasteiger partial charge in [0.25, 0.3) is 0 Å².